The summed E-state index contributed by atoms with van der Waals surface area (Å²) in [6, 6.07) is 14.8. The number of amides is 1. The summed E-state index contributed by atoms with van der Waals surface area (Å²) in [5.74, 6) is 1.12. The van der Waals surface area contributed by atoms with Gasteiger partial charge in [0.2, 0.25) is 0 Å². The van der Waals surface area contributed by atoms with Crippen LogP contribution in [0.2, 0.25) is 0 Å². The number of benzene rings is 2. The Labute approximate surface area is 261 Å². The molecule has 0 saturated heterocycles. The van der Waals surface area contributed by atoms with E-state index in [1.165, 1.54) is 6.08 Å². The van der Waals surface area contributed by atoms with Gasteiger partial charge in [-0.3, -0.25) is 4.79 Å². The monoisotopic (exact) mass is 603 g/mol. The molecule has 3 rings (SSSR count). The van der Waals surface area contributed by atoms with Crippen molar-refractivity contribution in [3.8, 4) is 23.5 Å². The van der Waals surface area contributed by atoms with Crippen LogP contribution in [0.4, 0.5) is 4.79 Å². The zero-order valence-corrected chi connectivity index (χ0v) is 26.7. The maximum Gasteiger partial charge on any atom is 0.407 e. The van der Waals surface area contributed by atoms with Crippen molar-refractivity contribution in [1.29, 1.82) is 0 Å². The van der Waals surface area contributed by atoms with Crippen LogP contribution in [0.15, 0.2) is 61.2 Å². The molecule has 0 heterocycles. The lowest BCUT2D eigenvalue weighted by Gasteiger charge is -2.35. The Morgan fingerprint density at radius 2 is 1.59 bits per heavy atom. The maximum atomic E-state index is 13.7. The molecule has 1 aliphatic rings. The number of rotatable bonds is 14. The van der Waals surface area contributed by atoms with E-state index in [-0.39, 0.29) is 19.1 Å². The van der Waals surface area contributed by atoms with E-state index in [9.17, 15) is 14.4 Å². The topological polar surface area (TPSA) is 100 Å². The standard InChI is InChI=1S/C36H45NO7/c1-9-11-12-21-30(36(7,8)33(39)41-22-10-2)43-32(38)31(24(3)44-35(4,5)6)37-34(40)42-23-29-27-19-15-13-17-25(27)26-18-14-16-20-28(26)29/h1,10,13-20,24,29-31H,2,11-12,21-23H2,3-8H3,(H,37,40)/t24-,30+,31+/m1/s1. The number of hydrogen-bond acceptors (Lipinski definition) is 7. The molecule has 44 heavy (non-hydrogen) atoms. The lowest BCUT2D eigenvalue weighted by molar-refractivity contribution is -0.175. The number of hydrogen-bond donors (Lipinski definition) is 1. The highest BCUT2D eigenvalue weighted by Crippen LogP contribution is 2.44. The number of terminal acetylenes is 1. The Bertz CT molecular complexity index is 1320. The van der Waals surface area contributed by atoms with Gasteiger partial charge in [0.15, 0.2) is 6.04 Å². The molecule has 0 spiro atoms. The number of fused-ring (bicyclic) bond motifs is 3. The number of unbranched alkanes of at least 4 members (excludes halogenated alkanes) is 1. The summed E-state index contributed by atoms with van der Waals surface area (Å²) in [6.45, 7) is 14.2. The van der Waals surface area contributed by atoms with Gasteiger partial charge in [-0.05, 0) is 76.6 Å². The van der Waals surface area contributed by atoms with Crippen LogP contribution < -0.4 is 5.32 Å². The fourth-order valence-corrected chi connectivity index (χ4v) is 5.38. The van der Waals surface area contributed by atoms with Gasteiger partial charge in [0, 0.05) is 12.3 Å². The predicted molar refractivity (Wildman–Crippen MR) is 170 cm³/mol. The van der Waals surface area contributed by atoms with Crippen molar-refractivity contribution < 1.29 is 33.3 Å². The summed E-state index contributed by atoms with van der Waals surface area (Å²) in [5.41, 5.74) is 2.53. The smallest absolute Gasteiger partial charge is 0.407 e. The summed E-state index contributed by atoms with van der Waals surface area (Å²) in [7, 11) is 0. The zero-order chi connectivity index (χ0) is 32.5. The lowest BCUT2D eigenvalue weighted by atomic mass is 9.83. The average molecular weight is 604 g/mol. The highest BCUT2D eigenvalue weighted by atomic mass is 16.6. The van der Waals surface area contributed by atoms with Crippen molar-refractivity contribution >= 4 is 18.0 Å². The van der Waals surface area contributed by atoms with Crippen molar-refractivity contribution in [1.82, 2.24) is 5.32 Å². The Hall–Kier alpha value is -4.09. The van der Waals surface area contributed by atoms with Gasteiger partial charge in [-0.25, -0.2) is 9.59 Å². The predicted octanol–water partition coefficient (Wildman–Crippen LogP) is 6.57. The van der Waals surface area contributed by atoms with Gasteiger partial charge in [-0.15, -0.1) is 12.3 Å². The van der Waals surface area contributed by atoms with Crippen molar-refractivity contribution in [3.05, 3.63) is 72.3 Å². The molecule has 8 nitrogen and oxygen atoms in total. The molecule has 1 aliphatic carbocycles. The van der Waals surface area contributed by atoms with Crippen LogP contribution in [0.25, 0.3) is 11.1 Å². The normalized spacial score (nSPS) is 14.7. The summed E-state index contributed by atoms with van der Waals surface area (Å²) in [5, 5.41) is 2.68. The Kier molecular flexibility index (Phi) is 11.8. The molecule has 0 bridgehead atoms. The zero-order valence-electron chi connectivity index (χ0n) is 26.7. The molecule has 0 aliphatic heterocycles. The van der Waals surface area contributed by atoms with Crippen molar-refractivity contribution in [3.63, 3.8) is 0 Å². The third-order valence-corrected chi connectivity index (χ3v) is 7.59. The minimum absolute atomic E-state index is 0.0235. The molecule has 8 heteroatoms. The van der Waals surface area contributed by atoms with Gasteiger partial charge < -0.3 is 24.3 Å². The molecule has 3 atom stereocenters. The highest BCUT2D eigenvalue weighted by molar-refractivity contribution is 5.83. The minimum Gasteiger partial charge on any atom is -0.461 e. The summed E-state index contributed by atoms with van der Waals surface area (Å²) >= 11 is 0. The highest BCUT2D eigenvalue weighted by Gasteiger charge is 2.43. The van der Waals surface area contributed by atoms with E-state index in [1.54, 1.807) is 20.8 Å². The van der Waals surface area contributed by atoms with Gasteiger partial charge in [-0.2, -0.15) is 0 Å². The van der Waals surface area contributed by atoms with E-state index in [1.807, 2.05) is 57.2 Å². The average Bonchev–Trinajstić information content (AvgIpc) is 3.29. The Balaban J connectivity index is 1.79. The van der Waals surface area contributed by atoms with Gasteiger partial charge in [0.05, 0.1) is 17.1 Å². The molecule has 0 unspecified atom stereocenters. The van der Waals surface area contributed by atoms with Crippen molar-refractivity contribution in [2.45, 2.75) is 90.6 Å². The van der Waals surface area contributed by atoms with Crippen LogP contribution in [-0.4, -0.2) is 55.1 Å². The van der Waals surface area contributed by atoms with E-state index >= 15 is 0 Å². The summed E-state index contributed by atoms with van der Waals surface area (Å²) in [6.07, 6.45) is 5.73. The molecule has 2 aromatic rings. The minimum atomic E-state index is -1.22. The fourth-order valence-electron chi connectivity index (χ4n) is 5.38. The van der Waals surface area contributed by atoms with E-state index in [4.69, 9.17) is 25.4 Å². The van der Waals surface area contributed by atoms with Gasteiger partial charge in [-0.1, -0.05) is 61.2 Å². The fraction of sp³-hybridized carbons (Fsp3) is 0.472. The maximum absolute atomic E-state index is 13.7. The third-order valence-electron chi connectivity index (χ3n) is 7.59. The molecule has 1 N–H and O–H groups in total. The molecular formula is C36H45NO7. The first-order chi connectivity index (χ1) is 20.8. The van der Waals surface area contributed by atoms with Gasteiger partial charge >= 0.3 is 18.0 Å². The number of carbonyl (C=O) groups excluding carboxylic acids is 3. The largest absolute Gasteiger partial charge is 0.461 e. The summed E-state index contributed by atoms with van der Waals surface area (Å²) in [4.78, 5) is 39.9. The van der Waals surface area contributed by atoms with E-state index < -0.39 is 47.3 Å². The van der Waals surface area contributed by atoms with Crippen LogP contribution in [-0.2, 0) is 28.5 Å². The van der Waals surface area contributed by atoms with E-state index in [2.05, 4.69) is 29.9 Å². The number of carbonyl (C=O) groups is 3. The van der Waals surface area contributed by atoms with Gasteiger partial charge in [0.1, 0.15) is 19.3 Å². The van der Waals surface area contributed by atoms with Crippen molar-refractivity contribution in [2.75, 3.05) is 13.2 Å². The molecule has 0 radical (unpaired) electrons. The first-order valence-corrected chi connectivity index (χ1v) is 15.0. The Morgan fingerprint density at radius 1 is 1.00 bits per heavy atom. The van der Waals surface area contributed by atoms with Crippen LogP contribution in [0.1, 0.15) is 77.8 Å². The first-order valence-electron chi connectivity index (χ1n) is 15.0. The number of esters is 2. The van der Waals surface area contributed by atoms with Crippen LogP contribution >= 0.6 is 0 Å². The molecule has 1 amide bonds. The van der Waals surface area contributed by atoms with E-state index in [0.29, 0.717) is 19.3 Å². The molecule has 0 aromatic heterocycles. The molecule has 2 aromatic carbocycles. The summed E-state index contributed by atoms with van der Waals surface area (Å²) < 4.78 is 23.0. The quantitative estimate of drug-likeness (QED) is 0.0857. The van der Waals surface area contributed by atoms with Crippen LogP contribution in [0.3, 0.4) is 0 Å². The number of ether oxygens (including phenoxy) is 4. The second-order valence-electron chi connectivity index (χ2n) is 12.5. The number of alkyl carbamates (subject to hydrolysis) is 1. The Morgan fingerprint density at radius 3 is 2.14 bits per heavy atom. The lowest BCUT2D eigenvalue weighted by Crippen LogP contribution is -2.53. The van der Waals surface area contributed by atoms with Crippen LogP contribution in [0.5, 0.6) is 0 Å². The first kappa shape index (κ1) is 34.4. The molecular weight excluding hydrogens is 558 g/mol. The molecule has 236 valence electrons. The molecule has 0 saturated carbocycles. The van der Waals surface area contributed by atoms with Gasteiger partial charge in [0.25, 0.3) is 0 Å². The van der Waals surface area contributed by atoms with E-state index in [0.717, 1.165) is 22.3 Å². The SMILES string of the molecule is C#CCCC[C@H](OC(=O)[C@@H](NC(=O)OCC1c2ccccc2-c2ccccc21)[C@@H](C)OC(C)(C)C)C(C)(C)C(=O)OCC=C. The third kappa shape index (κ3) is 8.73. The second kappa shape index (κ2) is 15.1. The molecule has 0 fully saturated rings. The second-order valence-corrected chi connectivity index (χ2v) is 12.5. The van der Waals surface area contributed by atoms with Crippen LogP contribution in [0, 0.1) is 17.8 Å². The van der Waals surface area contributed by atoms with Crippen molar-refractivity contribution in [2.24, 2.45) is 5.41 Å². The number of nitrogens with one attached hydrogen (secondary N) is 1.